The Morgan fingerprint density at radius 2 is 2.03 bits per heavy atom. The van der Waals surface area contributed by atoms with E-state index >= 15 is 0 Å². The predicted octanol–water partition coefficient (Wildman–Crippen LogP) is 4.08. The largest absolute Gasteiger partial charge is 0.467 e. The first-order valence-corrected chi connectivity index (χ1v) is 13.7. The number of nitrogens with zero attached hydrogens (tertiary/aromatic N) is 7. The summed E-state index contributed by atoms with van der Waals surface area (Å²) >= 11 is 6.74. The molecular formula is C28H35ClN8O2. The lowest BCUT2D eigenvalue weighted by Crippen LogP contribution is -2.37. The standard InChI is InChI=1S/C28H35ClN8O2/c1-5-9-18-10-6-7-11-19(18)23-14-21-20(15-36(23)3)27(34-28(33-21)38-4)37-13-8-12-31-22(16-37)24(29)25(30)26-32-17(2)39-35-26/h6-7,10-11,23H,5,8-9,12-16,30H2,1-4H3/b25-24+. The summed E-state index contributed by atoms with van der Waals surface area (Å²) in [4.78, 5) is 23.2. The fourth-order valence-corrected chi connectivity index (χ4v) is 5.55. The number of nitrogens with two attached hydrogens (primary N) is 1. The molecule has 11 heteroatoms. The summed E-state index contributed by atoms with van der Waals surface area (Å²) in [6.45, 7) is 6.47. The molecule has 3 aromatic rings. The Morgan fingerprint density at radius 3 is 2.77 bits per heavy atom. The van der Waals surface area contributed by atoms with E-state index in [1.54, 1.807) is 14.0 Å². The van der Waals surface area contributed by atoms with Crippen molar-refractivity contribution < 1.29 is 9.26 Å². The van der Waals surface area contributed by atoms with Gasteiger partial charge < -0.3 is 19.9 Å². The molecule has 39 heavy (non-hydrogen) atoms. The molecule has 4 heterocycles. The zero-order valence-corrected chi connectivity index (χ0v) is 23.7. The number of hydrogen-bond acceptors (Lipinski definition) is 10. The van der Waals surface area contributed by atoms with Crippen LogP contribution >= 0.6 is 11.6 Å². The van der Waals surface area contributed by atoms with E-state index in [1.165, 1.54) is 11.1 Å². The van der Waals surface area contributed by atoms with E-state index in [9.17, 15) is 0 Å². The molecular weight excluding hydrogens is 516 g/mol. The van der Waals surface area contributed by atoms with Gasteiger partial charge in [-0.25, -0.2) is 0 Å². The number of likely N-dealkylation sites (N-methyl/N-ethyl adjacent to an activating group) is 1. The summed E-state index contributed by atoms with van der Waals surface area (Å²) < 4.78 is 10.6. The van der Waals surface area contributed by atoms with Gasteiger partial charge in [0.15, 0.2) is 0 Å². The van der Waals surface area contributed by atoms with E-state index < -0.39 is 0 Å². The lowest BCUT2D eigenvalue weighted by Gasteiger charge is -2.37. The number of aliphatic imine (C=N–C) groups is 1. The van der Waals surface area contributed by atoms with Crippen LogP contribution in [0.25, 0.3) is 5.70 Å². The van der Waals surface area contributed by atoms with Crippen LogP contribution in [0.5, 0.6) is 6.01 Å². The first-order chi connectivity index (χ1) is 18.9. The Hall–Kier alpha value is -3.50. The van der Waals surface area contributed by atoms with Gasteiger partial charge in [0.25, 0.3) is 0 Å². The highest BCUT2D eigenvalue weighted by molar-refractivity contribution is 6.46. The molecule has 1 aromatic carbocycles. The van der Waals surface area contributed by atoms with E-state index in [0.717, 1.165) is 55.8 Å². The second kappa shape index (κ2) is 11.7. The molecule has 0 aliphatic carbocycles. The van der Waals surface area contributed by atoms with Crippen LogP contribution in [0.2, 0.25) is 0 Å². The van der Waals surface area contributed by atoms with Crippen LogP contribution in [0.3, 0.4) is 0 Å². The molecule has 0 spiro atoms. The molecule has 206 valence electrons. The van der Waals surface area contributed by atoms with Crippen LogP contribution in [0, 0.1) is 6.92 Å². The van der Waals surface area contributed by atoms with E-state index in [4.69, 9.17) is 41.6 Å². The molecule has 0 fully saturated rings. The van der Waals surface area contributed by atoms with E-state index in [1.807, 2.05) is 0 Å². The number of methoxy groups -OCH3 is 1. The molecule has 2 aliphatic heterocycles. The number of halogens is 1. The van der Waals surface area contributed by atoms with Crippen LogP contribution < -0.4 is 15.4 Å². The molecule has 0 bridgehead atoms. The molecule has 2 aliphatic rings. The van der Waals surface area contributed by atoms with Gasteiger partial charge in [-0.3, -0.25) is 9.89 Å². The van der Waals surface area contributed by atoms with Crippen molar-refractivity contribution in [1.82, 2.24) is 25.0 Å². The topological polar surface area (TPSA) is 119 Å². The SMILES string of the molecule is CCCc1ccccc1C1Cc2nc(OC)nc(N3CCCN=C(/C(Cl)=C(\N)c4noc(C)n4)C3)c2CN1C. The van der Waals surface area contributed by atoms with Gasteiger partial charge in [0.05, 0.1) is 30.1 Å². The van der Waals surface area contributed by atoms with Crippen LogP contribution in [-0.2, 0) is 19.4 Å². The van der Waals surface area contributed by atoms with Gasteiger partial charge in [0.1, 0.15) is 11.5 Å². The summed E-state index contributed by atoms with van der Waals surface area (Å²) in [5, 5.41) is 4.23. The van der Waals surface area contributed by atoms with Gasteiger partial charge in [0, 0.05) is 44.6 Å². The number of rotatable bonds is 7. The smallest absolute Gasteiger partial charge is 0.318 e. The van der Waals surface area contributed by atoms with E-state index in [2.05, 4.69) is 58.2 Å². The molecule has 1 atom stereocenters. The monoisotopic (exact) mass is 550 g/mol. The van der Waals surface area contributed by atoms with Crippen LogP contribution in [-0.4, -0.2) is 64.5 Å². The summed E-state index contributed by atoms with van der Waals surface area (Å²) in [5.41, 5.74) is 12.1. The molecule has 0 saturated heterocycles. The highest BCUT2D eigenvalue weighted by atomic mass is 35.5. The fourth-order valence-electron chi connectivity index (χ4n) is 5.35. The summed E-state index contributed by atoms with van der Waals surface area (Å²) in [6.07, 6.45) is 3.79. The second-order valence-corrected chi connectivity index (χ2v) is 10.4. The van der Waals surface area contributed by atoms with Crippen molar-refractivity contribution in [2.75, 3.05) is 38.7 Å². The maximum Gasteiger partial charge on any atom is 0.318 e. The Bertz CT molecular complexity index is 1400. The summed E-state index contributed by atoms with van der Waals surface area (Å²) in [6, 6.07) is 9.33. The van der Waals surface area contributed by atoms with Crippen LogP contribution in [0.1, 0.15) is 59.9 Å². The normalized spacial score (nSPS) is 18.7. The molecule has 0 amide bonds. The van der Waals surface area contributed by atoms with Crippen molar-refractivity contribution >= 4 is 28.8 Å². The van der Waals surface area contributed by atoms with Gasteiger partial charge in [-0.1, -0.05) is 54.4 Å². The average molecular weight is 551 g/mol. The molecule has 1 unspecified atom stereocenters. The first-order valence-electron chi connectivity index (χ1n) is 13.4. The Morgan fingerprint density at radius 1 is 1.21 bits per heavy atom. The Kier molecular flexibility index (Phi) is 8.13. The van der Waals surface area contributed by atoms with Crippen molar-refractivity contribution in [3.8, 4) is 6.01 Å². The predicted molar refractivity (Wildman–Crippen MR) is 152 cm³/mol. The summed E-state index contributed by atoms with van der Waals surface area (Å²) in [5.74, 6) is 1.52. The highest BCUT2D eigenvalue weighted by Crippen LogP contribution is 2.37. The maximum atomic E-state index is 6.74. The van der Waals surface area contributed by atoms with Crippen molar-refractivity contribution in [1.29, 1.82) is 0 Å². The van der Waals surface area contributed by atoms with Gasteiger partial charge in [-0.15, -0.1) is 0 Å². The van der Waals surface area contributed by atoms with Gasteiger partial charge >= 0.3 is 6.01 Å². The number of fused-ring (bicyclic) bond motifs is 1. The minimum absolute atomic E-state index is 0.226. The number of aryl methyl sites for hydroxylation is 2. The molecule has 10 nitrogen and oxygen atoms in total. The highest BCUT2D eigenvalue weighted by Gasteiger charge is 2.32. The molecule has 0 saturated carbocycles. The number of hydrogen-bond donors (Lipinski definition) is 1. The van der Waals surface area contributed by atoms with Crippen molar-refractivity contribution in [3.05, 3.63) is 63.4 Å². The number of ether oxygens (including phenoxy) is 1. The molecule has 2 N–H and O–H groups in total. The molecule has 2 aromatic heterocycles. The Balaban J connectivity index is 1.49. The zero-order chi connectivity index (χ0) is 27.5. The van der Waals surface area contributed by atoms with E-state index in [0.29, 0.717) is 35.7 Å². The van der Waals surface area contributed by atoms with Crippen molar-refractivity contribution in [2.45, 2.75) is 52.1 Å². The van der Waals surface area contributed by atoms with E-state index in [-0.39, 0.29) is 17.6 Å². The zero-order valence-electron chi connectivity index (χ0n) is 22.9. The third kappa shape index (κ3) is 5.62. The van der Waals surface area contributed by atoms with Crippen molar-refractivity contribution in [2.24, 2.45) is 10.7 Å². The first kappa shape index (κ1) is 27.1. The second-order valence-electron chi connectivity index (χ2n) is 10.0. The average Bonchev–Trinajstić information content (AvgIpc) is 3.23. The Labute approximate surface area is 233 Å². The number of anilines is 1. The summed E-state index contributed by atoms with van der Waals surface area (Å²) in [7, 11) is 3.78. The maximum absolute atomic E-state index is 6.74. The van der Waals surface area contributed by atoms with Gasteiger partial charge in [-0.05, 0) is 31.0 Å². The van der Waals surface area contributed by atoms with Crippen LogP contribution in [0.4, 0.5) is 5.82 Å². The molecule has 0 radical (unpaired) electrons. The minimum atomic E-state index is 0.226. The van der Waals surface area contributed by atoms with Gasteiger partial charge in [0.2, 0.25) is 11.7 Å². The lowest BCUT2D eigenvalue weighted by atomic mass is 9.89. The van der Waals surface area contributed by atoms with Crippen molar-refractivity contribution in [3.63, 3.8) is 0 Å². The number of aromatic nitrogens is 4. The fraction of sp³-hybridized carbons (Fsp3) is 0.464. The number of benzene rings is 1. The lowest BCUT2D eigenvalue weighted by molar-refractivity contribution is 0.212. The quantitative estimate of drug-likeness (QED) is 0.464. The van der Waals surface area contributed by atoms with Crippen LogP contribution in [0.15, 0.2) is 38.8 Å². The molecule has 5 rings (SSSR count). The van der Waals surface area contributed by atoms with Gasteiger partial charge in [-0.2, -0.15) is 15.0 Å². The minimum Gasteiger partial charge on any atom is -0.467 e. The third-order valence-corrected chi connectivity index (χ3v) is 7.70. The third-order valence-electron chi connectivity index (χ3n) is 7.28.